The van der Waals surface area contributed by atoms with Gasteiger partial charge in [-0.2, -0.15) is 9.78 Å². The molecule has 30 heavy (non-hydrogen) atoms. The zero-order valence-corrected chi connectivity index (χ0v) is 18.5. The second kappa shape index (κ2) is 9.21. The maximum absolute atomic E-state index is 13.2. The van der Waals surface area contributed by atoms with Crippen LogP contribution in [0.1, 0.15) is 44.5 Å². The summed E-state index contributed by atoms with van der Waals surface area (Å²) in [6.45, 7) is 5.46. The SMILES string of the molecule is CC[C@@H](C)c1nc2ccc(Br)cc2c(=O)n1N=Cc1ccccc1O[C@H](C)C(=O)O. The summed E-state index contributed by atoms with van der Waals surface area (Å²) < 4.78 is 7.60. The number of benzene rings is 2. The van der Waals surface area contributed by atoms with Crippen LogP contribution in [0.4, 0.5) is 0 Å². The van der Waals surface area contributed by atoms with Crippen LogP contribution in [0.15, 0.2) is 56.8 Å². The van der Waals surface area contributed by atoms with E-state index in [1.54, 1.807) is 36.4 Å². The Morgan fingerprint density at radius 2 is 2.03 bits per heavy atom. The molecule has 0 unspecified atom stereocenters. The van der Waals surface area contributed by atoms with Gasteiger partial charge >= 0.3 is 5.97 Å². The molecule has 1 aromatic heterocycles. The zero-order chi connectivity index (χ0) is 21.8. The van der Waals surface area contributed by atoms with Gasteiger partial charge in [0.05, 0.1) is 17.1 Å². The van der Waals surface area contributed by atoms with Gasteiger partial charge in [-0.1, -0.05) is 41.9 Å². The van der Waals surface area contributed by atoms with Gasteiger partial charge in [-0.15, -0.1) is 0 Å². The van der Waals surface area contributed by atoms with Gasteiger partial charge in [-0.3, -0.25) is 4.79 Å². The van der Waals surface area contributed by atoms with E-state index in [0.717, 1.165) is 10.9 Å². The van der Waals surface area contributed by atoms with Crippen LogP contribution in [0.2, 0.25) is 0 Å². The van der Waals surface area contributed by atoms with Gasteiger partial charge in [0.1, 0.15) is 11.6 Å². The summed E-state index contributed by atoms with van der Waals surface area (Å²) in [6, 6.07) is 12.3. The molecular formula is C22H22BrN3O4. The predicted molar refractivity (Wildman–Crippen MR) is 120 cm³/mol. The van der Waals surface area contributed by atoms with Crippen LogP contribution in [0, 0.1) is 0 Å². The average molecular weight is 472 g/mol. The molecule has 1 heterocycles. The number of hydrogen-bond acceptors (Lipinski definition) is 5. The summed E-state index contributed by atoms with van der Waals surface area (Å²) >= 11 is 3.39. The van der Waals surface area contributed by atoms with E-state index in [2.05, 4.69) is 26.0 Å². The molecule has 156 valence electrons. The van der Waals surface area contributed by atoms with Gasteiger partial charge < -0.3 is 9.84 Å². The number of aliphatic carboxylic acids is 1. The molecule has 2 aromatic carbocycles. The molecule has 0 fully saturated rings. The molecule has 8 heteroatoms. The first-order valence-corrected chi connectivity index (χ1v) is 10.4. The molecule has 0 aliphatic carbocycles. The third-order valence-electron chi connectivity index (χ3n) is 4.77. The molecular weight excluding hydrogens is 450 g/mol. The summed E-state index contributed by atoms with van der Waals surface area (Å²) in [7, 11) is 0. The third-order valence-corrected chi connectivity index (χ3v) is 5.26. The van der Waals surface area contributed by atoms with Crippen LogP contribution < -0.4 is 10.3 Å². The Balaban J connectivity index is 2.11. The number of nitrogens with zero attached hydrogens (tertiary/aromatic N) is 3. The van der Waals surface area contributed by atoms with Crippen molar-refractivity contribution < 1.29 is 14.6 Å². The monoisotopic (exact) mass is 471 g/mol. The van der Waals surface area contributed by atoms with E-state index in [9.17, 15) is 9.59 Å². The van der Waals surface area contributed by atoms with Crippen molar-refractivity contribution in [2.75, 3.05) is 0 Å². The Morgan fingerprint density at radius 3 is 2.73 bits per heavy atom. The fraction of sp³-hybridized carbons (Fsp3) is 0.273. The fourth-order valence-corrected chi connectivity index (χ4v) is 3.20. The first-order chi connectivity index (χ1) is 14.3. The number of carbonyl (C=O) groups is 1. The Kier molecular flexibility index (Phi) is 6.66. The number of ether oxygens (including phenoxy) is 1. The summed E-state index contributed by atoms with van der Waals surface area (Å²) in [6.07, 6.45) is 1.26. The fourth-order valence-electron chi connectivity index (χ4n) is 2.83. The van der Waals surface area contributed by atoms with Crippen molar-refractivity contribution in [3.05, 3.63) is 68.7 Å². The normalized spacial score (nSPS) is 13.5. The van der Waals surface area contributed by atoms with Gasteiger partial charge in [-0.25, -0.2) is 9.78 Å². The Morgan fingerprint density at radius 1 is 1.30 bits per heavy atom. The third kappa shape index (κ3) is 4.59. The second-order valence-electron chi connectivity index (χ2n) is 6.94. The van der Waals surface area contributed by atoms with Crippen LogP contribution in [0.3, 0.4) is 0 Å². The van der Waals surface area contributed by atoms with Gasteiger partial charge in [0.25, 0.3) is 5.56 Å². The van der Waals surface area contributed by atoms with Crippen molar-refractivity contribution >= 4 is 39.0 Å². The summed E-state index contributed by atoms with van der Waals surface area (Å²) in [5.74, 6) is -0.126. The summed E-state index contributed by atoms with van der Waals surface area (Å²) in [5.41, 5.74) is 0.899. The maximum atomic E-state index is 13.2. The lowest BCUT2D eigenvalue weighted by Gasteiger charge is -2.15. The number of carboxylic acid groups (broad SMARTS) is 1. The molecule has 0 radical (unpaired) electrons. The number of para-hydroxylation sites is 1. The predicted octanol–water partition coefficient (Wildman–Crippen LogP) is 4.41. The highest BCUT2D eigenvalue weighted by Crippen LogP contribution is 2.22. The van der Waals surface area contributed by atoms with Gasteiger partial charge in [0.15, 0.2) is 6.10 Å². The molecule has 0 amide bonds. The lowest BCUT2D eigenvalue weighted by atomic mass is 10.1. The first kappa shape index (κ1) is 21.7. The van der Waals surface area contributed by atoms with Crippen LogP contribution in [-0.2, 0) is 4.79 Å². The zero-order valence-electron chi connectivity index (χ0n) is 16.9. The maximum Gasteiger partial charge on any atom is 0.344 e. The molecule has 0 spiro atoms. The number of fused-ring (bicyclic) bond motifs is 1. The highest BCUT2D eigenvalue weighted by atomic mass is 79.9. The molecule has 3 aromatic rings. The molecule has 0 aliphatic heterocycles. The Hall–Kier alpha value is -3.00. The van der Waals surface area contributed by atoms with E-state index in [1.807, 2.05) is 19.9 Å². The highest BCUT2D eigenvalue weighted by molar-refractivity contribution is 9.10. The van der Waals surface area contributed by atoms with E-state index in [-0.39, 0.29) is 11.5 Å². The van der Waals surface area contributed by atoms with Crippen molar-refractivity contribution in [2.45, 2.75) is 39.2 Å². The van der Waals surface area contributed by atoms with E-state index in [1.165, 1.54) is 17.8 Å². The minimum atomic E-state index is -1.07. The van der Waals surface area contributed by atoms with Crippen molar-refractivity contribution in [1.82, 2.24) is 9.66 Å². The molecule has 1 N–H and O–H groups in total. The number of hydrogen-bond donors (Lipinski definition) is 1. The van der Waals surface area contributed by atoms with Crippen LogP contribution in [0.25, 0.3) is 10.9 Å². The molecule has 7 nitrogen and oxygen atoms in total. The van der Waals surface area contributed by atoms with Crippen molar-refractivity contribution in [3.8, 4) is 5.75 Å². The van der Waals surface area contributed by atoms with E-state index < -0.39 is 12.1 Å². The second-order valence-corrected chi connectivity index (χ2v) is 7.85. The molecule has 0 bridgehead atoms. The number of carboxylic acids is 1. The largest absolute Gasteiger partial charge is 0.479 e. The van der Waals surface area contributed by atoms with Crippen LogP contribution in [-0.4, -0.2) is 33.1 Å². The van der Waals surface area contributed by atoms with Crippen LogP contribution >= 0.6 is 15.9 Å². The van der Waals surface area contributed by atoms with E-state index in [0.29, 0.717) is 28.0 Å². The molecule has 0 saturated carbocycles. The molecule has 0 saturated heterocycles. The molecule has 3 rings (SSSR count). The number of halogens is 1. The number of aromatic nitrogens is 2. The van der Waals surface area contributed by atoms with E-state index in [4.69, 9.17) is 9.84 Å². The minimum absolute atomic E-state index is 0.0152. The number of rotatable bonds is 7. The summed E-state index contributed by atoms with van der Waals surface area (Å²) in [4.78, 5) is 29.0. The molecule has 2 atom stereocenters. The smallest absolute Gasteiger partial charge is 0.344 e. The standard InChI is InChI=1S/C22H22BrN3O4/c1-4-13(2)20-25-18-10-9-16(23)11-17(18)21(27)26(20)24-12-15-7-5-6-8-19(15)30-14(3)22(28)29/h5-14H,4H2,1-3H3,(H,28,29)/t13-,14-/m1/s1. The van der Waals surface area contributed by atoms with Crippen molar-refractivity contribution in [3.63, 3.8) is 0 Å². The van der Waals surface area contributed by atoms with Crippen molar-refractivity contribution in [2.24, 2.45) is 5.10 Å². The topological polar surface area (TPSA) is 93.8 Å². The van der Waals surface area contributed by atoms with Gasteiger partial charge in [-0.05, 0) is 43.7 Å². The Bertz CT molecular complexity index is 1170. The minimum Gasteiger partial charge on any atom is -0.479 e. The first-order valence-electron chi connectivity index (χ1n) is 9.56. The van der Waals surface area contributed by atoms with Crippen LogP contribution in [0.5, 0.6) is 5.75 Å². The Labute approximate surface area is 182 Å². The highest BCUT2D eigenvalue weighted by Gasteiger charge is 2.17. The lowest BCUT2D eigenvalue weighted by molar-refractivity contribution is -0.144. The molecule has 0 aliphatic rings. The van der Waals surface area contributed by atoms with Gasteiger partial charge in [0.2, 0.25) is 0 Å². The van der Waals surface area contributed by atoms with Gasteiger partial charge in [0, 0.05) is 16.0 Å². The quantitative estimate of drug-likeness (QED) is 0.515. The van der Waals surface area contributed by atoms with Crippen molar-refractivity contribution in [1.29, 1.82) is 0 Å². The van der Waals surface area contributed by atoms with E-state index >= 15 is 0 Å². The lowest BCUT2D eigenvalue weighted by Crippen LogP contribution is -2.24. The average Bonchev–Trinajstić information content (AvgIpc) is 2.73. The summed E-state index contributed by atoms with van der Waals surface area (Å²) in [5, 5.41) is 14.0.